The van der Waals surface area contributed by atoms with E-state index in [9.17, 15) is 0 Å². The van der Waals surface area contributed by atoms with E-state index in [-0.39, 0.29) is 18.2 Å². The van der Waals surface area contributed by atoms with Crippen molar-refractivity contribution in [1.29, 1.82) is 0 Å². The molecule has 3 N–H and O–H groups in total. The molecule has 1 rings (SSSR count). The molecule has 1 heterocycles. The second-order valence-corrected chi connectivity index (χ2v) is 2.17. The second-order valence-electron chi connectivity index (χ2n) is 2.17. The molecule has 0 unspecified atom stereocenters. The molecular formula is C6H14O3. The first-order chi connectivity index (χ1) is 3.93. The fourth-order valence-corrected chi connectivity index (χ4v) is 0.951. The molecule has 1 saturated heterocycles. The van der Waals surface area contributed by atoms with Crippen LogP contribution in [0.25, 0.3) is 0 Å². The highest BCUT2D eigenvalue weighted by Gasteiger charge is 2.10. The zero-order valence-corrected chi connectivity index (χ0v) is 5.47. The minimum absolute atomic E-state index is 0. The Morgan fingerprint density at radius 2 is 2.22 bits per heavy atom. The lowest BCUT2D eigenvalue weighted by Crippen LogP contribution is -2.22. The Bertz CT molecular complexity index is 59.3. The van der Waals surface area contributed by atoms with Gasteiger partial charge in [0.1, 0.15) is 0 Å². The van der Waals surface area contributed by atoms with Crippen LogP contribution < -0.4 is 0 Å². The number of aliphatic hydroxyl groups excluding tert-OH is 1. The third-order valence-electron chi connectivity index (χ3n) is 1.48. The molecule has 1 fully saturated rings. The molecule has 1 aliphatic heterocycles. The van der Waals surface area contributed by atoms with Crippen molar-refractivity contribution in [2.24, 2.45) is 0 Å². The molecule has 0 amide bonds. The summed E-state index contributed by atoms with van der Waals surface area (Å²) in [6, 6.07) is 0. The van der Waals surface area contributed by atoms with E-state index < -0.39 is 0 Å². The van der Waals surface area contributed by atoms with Crippen molar-refractivity contribution in [1.82, 2.24) is 0 Å². The molecule has 3 nitrogen and oxygen atoms in total. The van der Waals surface area contributed by atoms with Crippen molar-refractivity contribution >= 4 is 0 Å². The first kappa shape index (κ1) is 8.88. The largest absolute Gasteiger partial charge is 0.412 e. The molecule has 0 aliphatic carbocycles. The van der Waals surface area contributed by atoms with E-state index in [0.29, 0.717) is 0 Å². The van der Waals surface area contributed by atoms with Crippen LogP contribution in [0.3, 0.4) is 0 Å². The SMILES string of the molecule is O.OC[C@@H]1CCCCO1. The van der Waals surface area contributed by atoms with Crippen LogP contribution in [0.1, 0.15) is 19.3 Å². The van der Waals surface area contributed by atoms with Crippen molar-refractivity contribution < 1.29 is 15.3 Å². The molecule has 3 heteroatoms. The Morgan fingerprint density at radius 1 is 1.44 bits per heavy atom. The zero-order chi connectivity index (χ0) is 5.82. The van der Waals surface area contributed by atoms with Crippen molar-refractivity contribution in [3.05, 3.63) is 0 Å². The van der Waals surface area contributed by atoms with Crippen LogP contribution in [0.2, 0.25) is 0 Å². The Kier molecular flexibility index (Phi) is 4.67. The van der Waals surface area contributed by atoms with Crippen LogP contribution in [-0.2, 0) is 4.74 Å². The van der Waals surface area contributed by atoms with E-state index in [1.807, 2.05) is 0 Å². The van der Waals surface area contributed by atoms with Gasteiger partial charge in [0.05, 0.1) is 12.7 Å². The maximum Gasteiger partial charge on any atom is 0.0805 e. The highest BCUT2D eigenvalue weighted by atomic mass is 16.5. The molecule has 0 saturated carbocycles. The summed E-state index contributed by atoms with van der Waals surface area (Å²) >= 11 is 0. The topological polar surface area (TPSA) is 61.0 Å². The molecular weight excluding hydrogens is 120 g/mol. The number of hydrogen-bond acceptors (Lipinski definition) is 2. The quantitative estimate of drug-likeness (QED) is 0.536. The van der Waals surface area contributed by atoms with Crippen LogP contribution in [0, 0.1) is 0 Å². The van der Waals surface area contributed by atoms with Crippen molar-refractivity contribution in [3.63, 3.8) is 0 Å². The van der Waals surface area contributed by atoms with Crippen LogP contribution in [-0.4, -0.2) is 29.9 Å². The van der Waals surface area contributed by atoms with Gasteiger partial charge in [-0.1, -0.05) is 0 Å². The van der Waals surface area contributed by atoms with Gasteiger partial charge >= 0.3 is 0 Å². The minimum atomic E-state index is 0. The Hall–Kier alpha value is -0.120. The van der Waals surface area contributed by atoms with Crippen LogP contribution >= 0.6 is 0 Å². The fraction of sp³-hybridized carbons (Fsp3) is 1.00. The van der Waals surface area contributed by atoms with Gasteiger partial charge in [-0.15, -0.1) is 0 Å². The highest BCUT2D eigenvalue weighted by molar-refractivity contribution is 4.60. The van der Waals surface area contributed by atoms with Crippen molar-refractivity contribution in [2.75, 3.05) is 13.2 Å². The summed E-state index contributed by atoms with van der Waals surface area (Å²) in [6.45, 7) is 1.03. The number of ether oxygens (including phenoxy) is 1. The van der Waals surface area contributed by atoms with E-state index in [4.69, 9.17) is 9.84 Å². The smallest absolute Gasteiger partial charge is 0.0805 e. The maximum absolute atomic E-state index is 8.57. The normalized spacial score (nSPS) is 27.0. The zero-order valence-electron chi connectivity index (χ0n) is 5.47. The van der Waals surface area contributed by atoms with Crippen molar-refractivity contribution in [2.45, 2.75) is 25.4 Å². The average molecular weight is 134 g/mol. The van der Waals surface area contributed by atoms with Gasteiger partial charge in [-0.2, -0.15) is 0 Å². The van der Waals surface area contributed by atoms with Gasteiger partial charge in [-0.05, 0) is 19.3 Å². The van der Waals surface area contributed by atoms with E-state index in [1.165, 1.54) is 6.42 Å². The molecule has 1 aliphatic rings. The van der Waals surface area contributed by atoms with Gasteiger partial charge in [0.15, 0.2) is 0 Å². The molecule has 0 bridgehead atoms. The lowest BCUT2D eigenvalue weighted by atomic mass is 10.1. The summed E-state index contributed by atoms with van der Waals surface area (Å²) in [4.78, 5) is 0. The molecule has 56 valence electrons. The summed E-state index contributed by atoms with van der Waals surface area (Å²) in [5, 5.41) is 8.57. The Morgan fingerprint density at radius 3 is 2.56 bits per heavy atom. The number of rotatable bonds is 1. The van der Waals surface area contributed by atoms with E-state index in [2.05, 4.69) is 0 Å². The highest BCUT2D eigenvalue weighted by Crippen LogP contribution is 2.10. The molecule has 0 aromatic heterocycles. The van der Waals surface area contributed by atoms with Gasteiger partial charge in [-0.3, -0.25) is 0 Å². The second kappa shape index (κ2) is 4.73. The summed E-state index contributed by atoms with van der Waals surface area (Å²) in [6.07, 6.45) is 3.56. The minimum Gasteiger partial charge on any atom is -0.412 e. The fourth-order valence-electron chi connectivity index (χ4n) is 0.951. The molecule has 1 atom stereocenters. The van der Waals surface area contributed by atoms with E-state index in [1.54, 1.807) is 0 Å². The van der Waals surface area contributed by atoms with E-state index >= 15 is 0 Å². The van der Waals surface area contributed by atoms with Crippen LogP contribution in [0.4, 0.5) is 0 Å². The van der Waals surface area contributed by atoms with Gasteiger partial charge in [0.2, 0.25) is 0 Å². The standard InChI is InChI=1S/C6H12O2.H2O/c7-5-6-3-1-2-4-8-6;/h6-7H,1-5H2;1H2/t6-;/m0./s1. The van der Waals surface area contributed by atoms with Gasteiger partial charge in [0.25, 0.3) is 0 Å². The lowest BCUT2D eigenvalue weighted by Gasteiger charge is -2.19. The lowest BCUT2D eigenvalue weighted by molar-refractivity contribution is -0.0172. The predicted octanol–water partition coefficient (Wildman–Crippen LogP) is -0.277. The average Bonchev–Trinajstić information content (AvgIpc) is 1.90. The third-order valence-corrected chi connectivity index (χ3v) is 1.48. The molecule has 9 heavy (non-hydrogen) atoms. The Balaban J connectivity index is 0.000000640. The van der Waals surface area contributed by atoms with E-state index in [0.717, 1.165) is 19.4 Å². The summed E-state index contributed by atoms with van der Waals surface area (Å²) in [7, 11) is 0. The van der Waals surface area contributed by atoms with Gasteiger partial charge in [0, 0.05) is 6.61 Å². The first-order valence-electron chi connectivity index (χ1n) is 3.16. The van der Waals surface area contributed by atoms with Gasteiger partial charge < -0.3 is 15.3 Å². The molecule has 0 aromatic rings. The molecule has 0 aromatic carbocycles. The summed E-state index contributed by atoms with van der Waals surface area (Å²) in [5.41, 5.74) is 0. The molecule has 0 radical (unpaired) electrons. The van der Waals surface area contributed by atoms with Gasteiger partial charge in [-0.25, -0.2) is 0 Å². The number of aliphatic hydroxyl groups is 1. The summed E-state index contributed by atoms with van der Waals surface area (Å²) in [5.74, 6) is 0. The number of hydrogen-bond donors (Lipinski definition) is 1. The Labute approximate surface area is 54.9 Å². The first-order valence-corrected chi connectivity index (χ1v) is 3.16. The summed E-state index contributed by atoms with van der Waals surface area (Å²) < 4.78 is 5.18. The molecule has 0 spiro atoms. The van der Waals surface area contributed by atoms with Crippen LogP contribution in [0.5, 0.6) is 0 Å². The maximum atomic E-state index is 8.57. The monoisotopic (exact) mass is 134 g/mol. The van der Waals surface area contributed by atoms with Crippen LogP contribution in [0.15, 0.2) is 0 Å². The van der Waals surface area contributed by atoms with Crippen molar-refractivity contribution in [3.8, 4) is 0 Å². The third kappa shape index (κ3) is 2.79. The predicted molar refractivity (Wildman–Crippen MR) is 34.3 cm³/mol.